The van der Waals surface area contributed by atoms with Crippen molar-refractivity contribution in [2.75, 3.05) is 30.8 Å². The fourth-order valence-corrected chi connectivity index (χ4v) is 5.00. The number of fused-ring (bicyclic) bond motifs is 1. The van der Waals surface area contributed by atoms with Gasteiger partial charge in [-0.25, -0.2) is 14.6 Å². The molecule has 0 unspecified atom stereocenters. The monoisotopic (exact) mass is 666 g/mol. The van der Waals surface area contributed by atoms with E-state index < -0.39 is 12.1 Å². The van der Waals surface area contributed by atoms with Crippen LogP contribution in [0.4, 0.5) is 24.9 Å². The van der Waals surface area contributed by atoms with Crippen LogP contribution in [0.2, 0.25) is 0 Å². The third-order valence-electron chi connectivity index (χ3n) is 7.35. The molecule has 1 aliphatic rings. The van der Waals surface area contributed by atoms with E-state index in [1.54, 1.807) is 43.8 Å². The Balaban J connectivity index is 0.000000582. The molecule has 48 heavy (non-hydrogen) atoms. The van der Waals surface area contributed by atoms with Gasteiger partial charge in [0, 0.05) is 29.7 Å². The first-order chi connectivity index (χ1) is 23.0. The standard InChI is InChI=1S/C30H32N8O3.C2HF3O2/c1-19-16-33-30(34-19)36-29(39)21-7-11-24(12-8-21)41-25-13-15-32-28-26(25)27(35-22-4-3-14-31-17-22)37-38(28)18-20-5-9-23(40-2)10-6-20;3-2(4,5)1(6)7/h5-13,15-16,22,31H,3-4,14,17-18H2,1-2H3,(H,35,37)(H2,33,34,36,39);(H,6,7)/t22-;/m1./s1. The summed E-state index contributed by atoms with van der Waals surface area (Å²) >= 11 is 0. The number of carbonyl (C=O) groups is 2. The Bertz CT molecular complexity index is 1850. The van der Waals surface area contributed by atoms with Crippen molar-refractivity contribution >= 4 is 34.7 Å². The number of nitrogens with two attached hydrogens (primary N) is 1. The molecule has 5 aromatic rings. The van der Waals surface area contributed by atoms with Crippen molar-refractivity contribution in [3.8, 4) is 17.2 Å². The lowest BCUT2D eigenvalue weighted by Gasteiger charge is -2.21. The first-order valence-corrected chi connectivity index (χ1v) is 15.0. The van der Waals surface area contributed by atoms with Crippen molar-refractivity contribution in [3.05, 3.63) is 83.8 Å². The molecular weight excluding hydrogens is 633 g/mol. The largest absolute Gasteiger partial charge is 0.542 e. The number of nitrogens with zero attached hydrogens (tertiary/aromatic N) is 4. The number of benzene rings is 2. The van der Waals surface area contributed by atoms with Crippen LogP contribution in [0.1, 0.15) is 34.5 Å². The first-order valence-electron chi connectivity index (χ1n) is 15.0. The van der Waals surface area contributed by atoms with Gasteiger partial charge in [0.1, 0.15) is 28.6 Å². The summed E-state index contributed by atoms with van der Waals surface area (Å²) in [6.45, 7) is 4.57. The fourth-order valence-electron chi connectivity index (χ4n) is 5.00. The number of aromatic nitrogens is 5. The van der Waals surface area contributed by atoms with Crippen LogP contribution in [-0.2, 0) is 11.3 Å². The summed E-state index contributed by atoms with van der Waals surface area (Å²) in [4.78, 5) is 33.2. The fraction of sp³-hybridized carbons (Fsp3) is 0.281. The van der Waals surface area contributed by atoms with Crippen LogP contribution in [-0.4, -0.2) is 69.0 Å². The summed E-state index contributed by atoms with van der Waals surface area (Å²) in [6, 6.07) is 17.1. The summed E-state index contributed by atoms with van der Waals surface area (Å²) in [5.74, 6) is -0.0520. The molecule has 1 atom stereocenters. The summed E-state index contributed by atoms with van der Waals surface area (Å²) < 4.78 is 45.1. The molecule has 3 aromatic heterocycles. The van der Waals surface area contributed by atoms with E-state index in [-0.39, 0.29) is 5.91 Å². The highest BCUT2D eigenvalue weighted by atomic mass is 19.4. The van der Waals surface area contributed by atoms with Crippen molar-refractivity contribution in [2.24, 2.45) is 0 Å². The average molecular weight is 667 g/mol. The number of imidazole rings is 1. The number of aromatic amines is 1. The predicted molar refractivity (Wildman–Crippen MR) is 167 cm³/mol. The maximum Gasteiger partial charge on any atom is 0.430 e. The number of methoxy groups -OCH3 is 1. The van der Waals surface area contributed by atoms with Gasteiger partial charge in [0.2, 0.25) is 5.95 Å². The van der Waals surface area contributed by atoms with E-state index in [0.29, 0.717) is 35.6 Å². The van der Waals surface area contributed by atoms with Gasteiger partial charge in [-0.05, 0) is 61.7 Å². The van der Waals surface area contributed by atoms with Gasteiger partial charge in [-0.3, -0.25) is 10.1 Å². The number of hydrogen-bond donors (Lipinski definition) is 4. The normalized spacial score (nSPS) is 14.5. The molecule has 1 saturated heterocycles. The summed E-state index contributed by atoms with van der Waals surface area (Å²) in [5, 5.41) is 23.3. The first kappa shape index (κ1) is 33.7. The number of H-pyrrole nitrogens is 1. The molecule has 1 amide bonds. The zero-order valence-electron chi connectivity index (χ0n) is 26.0. The van der Waals surface area contributed by atoms with Crippen LogP contribution in [0.3, 0.4) is 0 Å². The Hall–Kier alpha value is -5.64. The SMILES string of the molecule is COc1ccc(Cn2nc(N[C@@H]3CCC[NH2+]C3)c3c(Oc4ccc(C(=O)Nc5ncc(C)[nH]5)cc4)ccnc32)cc1.O=C([O-])C(F)(F)F. The van der Waals surface area contributed by atoms with E-state index in [9.17, 15) is 18.0 Å². The smallest absolute Gasteiger partial charge is 0.430 e. The Morgan fingerprint density at radius 3 is 2.40 bits per heavy atom. The molecule has 16 heteroatoms. The Morgan fingerprint density at radius 1 is 1.08 bits per heavy atom. The number of hydrogen-bond acceptors (Lipinski definition) is 9. The van der Waals surface area contributed by atoms with E-state index in [1.807, 2.05) is 41.9 Å². The molecule has 0 spiro atoms. The molecule has 0 bridgehead atoms. The van der Waals surface area contributed by atoms with Gasteiger partial charge in [-0.2, -0.15) is 18.3 Å². The number of carboxylic acids is 1. The van der Waals surface area contributed by atoms with Crippen LogP contribution in [0.15, 0.2) is 67.0 Å². The second-order valence-electron chi connectivity index (χ2n) is 10.9. The number of carbonyl (C=O) groups excluding carboxylic acids is 2. The van der Waals surface area contributed by atoms with Crippen LogP contribution < -0.4 is 30.5 Å². The third-order valence-corrected chi connectivity index (χ3v) is 7.35. The summed E-state index contributed by atoms with van der Waals surface area (Å²) in [5.41, 5.74) is 3.18. The van der Waals surface area contributed by atoms with E-state index >= 15 is 0 Å². The Morgan fingerprint density at radius 2 is 1.79 bits per heavy atom. The number of alkyl halides is 3. The van der Waals surface area contributed by atoms with E-state index in [0.717, 1.165) is 59.8 Å². The van der Waals surface area contributed by atoms with E-state index in [1.165, 1.54) is 0 Å². The van der Waals surface area contributed by atoms with Gasteiger partial charge in [-0.15, -0.1) is 0 Å². The van der Waals surface area contributed by atoms with Gasteiger partial charge >= 0.3 is 6.18 Å². The van der Waals surface area contributed by atoms with Crippen LogP contribution in [0.25, 0.3) is 11.0 Å². The third kappa shape index (κ3) is 8.58. The summed E-state index contributed by atoms with van der Waals surface area (Å²) in [7, 11) is 1.66. The van der Waals surface area contributed by atoms with E-state index in [4.69, 9.17) is 29.5 Å². The topological polar surface area (TPSA) is 176 Å². The number of quaternary nitrogens is 1. The average Bonchev–Trinajstić information content (AvgIpc) is 3.64. The van der Waals surface area contributed by atoms with E-state index in [2.05, 4.69) is 25.9 Å². The lowest BCUT2D eigenvalue weighted by Crippen LogP contribution is -2.88. The number of ether oxygens (including phenoxy) is 2. The second kappa shape index (κ2) is 14.8. The van der Waals surface area contributed by atoms with Gasteiger partial charge in [0.15, 0.2) is 11.5 Å². The van der Waals surface area contributed by atoms with Crippen LogP contribution in [0, 0.1) is 6.92 Å². The molecule has 2 aromatic carbocycles. The molecule has 6 rings (SSSR count). The molecule has 1 fully saturated rings. The Labute approximate surface area is 272 Å². The highest BCUT2D eigenvalue weighted by molar-refractivity contribution is 6.03. The Kier molecular flexibility index (Phi) is 10.4. The van der Waals surface area contributed by atoms with Crippen molar-refractivity contribution in [1.82, 2.24) is 24.7 Å². The lowest BCUT2D eigenvalue weighted by atomic mass is 10.1. The van der Waals surface area contributed by atoms with Crippen LogP contribution >= 0.6 is 0 Å². The number of piperidine rings is 1. The zero-order chi connectivity index (χ0) is 34.3. The molecule has 0 aliphatic carbocycles. The molecule has 13 nitrogen and oxygen atoms in total. The zero-order valence-corrected chi connectivity index (χ0v) is 26.0. The number of nitrogens with one attached hydrogen (secondary N) is 3. The number of rotatable bonds is 9. The molecule has 252 valence electrons. The van der Waals surface area contributed by atoms with Crippen molar-refractivity contribution in [2.45, 2.75) is 38.5 Å². The minimum absolute atomic E-state index is 0.257. The van der Waals surface area contributed by atoms with Crippen molar-refractivity contribution < 1.29 is 42.7 Å². The molecule has 1 aliphatic heterocycles. The quantitative estimate of drug-likeness (QED) is 0.184. The van der Waals surface area contributed by atoms with Gasteiger partial charge < -0.3 is 35.0 Å². The molecule has 4 heterocycles. The number of amides is 1. The number of pyridine rings is 1. The van der Waals surface area contributed by atoms with Gasteiger partial charge in [0.25, 0.3) is 5.91 Å². The minimum Gasteiger partial charge on any atom is -0.542 e. The number of anilines is 2. The number of aryl methyl sites for hydroxylation is 1. The highest BCUT2D eigenvalue weighted by Crippen LogP contribution is 2.35. The number of carboxylic acid groups (broad SMARTS) is 1. The van der Waals surface area contributed by atoms with Gasteiger partial charge in [-0.1, -0.05) is 12.1 Å². The van der Waals surface area contributed by atoms with Gasteiger partial charge in [0.05, 0.1) is 32.8 Å². The van der Waals surface area contributed by atoms with Crippen LogP contribution in [0.5, 0.6) is 17.2 Å². The highest BCUT2D eigenvalue weighted by Gasteiger charge is 2.29. The molecule has 0 saturated carbocycles. The predicted octanol–water partition coefficient (Wildman–Crippen LogP) is 3.00. The lowest BCUT2D eigenvalue weighted by molar-refractivity contribution is -0.663. The molecular formula is C32H33F3N8O5. The number of aliphatic carboxylic acids is 1. The summed E-state index contributed by atoms with van der Waals surface area (Å²) in [6.07, 6.45) is 0.441. The van der Waals surface area contributed by atoms with Crippen molar-refractivity contribution in [1.29, 1.82) is 0 Å². The second-order valence-corrected chi connectivity index (χ2v) is 10.9. The maximum absolute atomic E-state index is 12.6. The van der Waals surface area contributed by atoms with Crippen molar-refractivity contribution in [3.63, 3.8) is 0 Å². The molecule has 0 radical (unpaired) electrons. The number of halogens is 3. The molecule has 5 N–H and O–H groups in total. The minimum atomic E-state index is -5.19. The maximum atomic E-state index is 12.6.